The highest BCUT2D eigenvalue weighted by atomic mass is 32.2. The number of hydrogen-bond donors (Lipinski definition) is 1. The second kappa shape index (κ2) is 7.99. The summed E-state index contributed by atoms with van der Waals surface area (Å²) >= 11 is 0. The van der Waals surface area contributed by atoms with Crippen molar-refractivity contribution in [3.8, 4) is 6.07 Å². The summed E-state index contributed by atoms with van der Waals surface area (Å²) in [5.74, 6) is -0.357. The van der Waals surface area contributed by atoms with Gasteiger partial charge in [0, 0.05) is 13.0 Å². The molecule has 138 valence electrons. The first-order valence-corrected chi connectivity index (χ1v) is 9.46. The fourth-order valence-electron chi connectivity index (χ4n) is 2.29. The van der Waals surface area contributed by atoms with Gasteiger partial charge in [0.25, 0.3) is 0 Å². The SMILES string of the molecule is N#CCCNS(=O)(=O)c1ccc(C(=O)OCc2nc3ccccc3o2)cc1. The van der Waals surface area contributed by atoms with Crippen molar-refractivity contribution in [1.29, 1.82) is 5.26 Å². The molecular weight excluding hydrogens is 370 g/mol. The molecule has 0 bridgehead atoms. The molecule has 1 aromatic heterocycles. The second-order valence-electron chi connectivity index (χ2n) is 5.48. The fourth-order valence-corrected chi connectivity index (χ4v) is 3.32. The Balaban J connectivity index is 1.62. The van der Waals surface area contributed by atoms with E-state index in [0.717, 1.165) is 0 Å². The van der Waals surface area contributed by atoms with E-state index >= 15 is 0 Å². The zero-order valence-electron chi connectivity index (χ0n) is 14.1. The molecule has 9 heteroatoms. The van der Waals surface area contributed by atoms with Gasteiger partial charge >= 0.3 is 5.97 Å². The molecule has 1 N–H and O–H groups in total. The van der Waals surface area contributed by atoms with Crippen molar-refractivity contribution in [2.45, 2.75) is 17.9 Å². The average Bonchev–Trinajstić information content (AvgIpc) is 3.09. The molecule has 0 amide bonds. The van der Waals surface area contributed by atoms with Crippen LogP contribution in [0, 0.1) is 11.3 Å². The number of fused-ring (bicyclic) bond motifs is 1. The normalized spacial score (nSPS) is 11.2. The van der Waals surface area contributed by atoms with Crippen molar-refractivity contribution in [3.05, 3.63) is 60.0 Å². The molecule has 2 aromatic carbocycles. The number of nitrogens with one attached hydrogen (secondary N) is 1. The van der Waals surface area contributed by atoms with E-state index in [1.54, 1.807) is 12.1 Å². The summed E-state index contributed by atoms with van der Waals surface area (Å²) in [5.41, 5.74) is 1.46. The second-order valence-corrected chi connectivity index (χ2v) is 7.25. The monoisotopic (exact) mass is 385 g/mol. The van der Waals surface area contributed by atoms with Crippen molar-refractivity contribution < 1.29 is 22.4 Å². The first kappa shape index (κ1) is 18.6. The number of sulfonamides is 1. The third kappa shape index (κ3) is 4.49. The van der Waals surface area contributed by atoms with Crippen molar-refractivity contribution in [2.24, 2.45) is 0 Å². The number of esters is 1. The maximum Gasteiger partial charge on any atom is 0.338 e. The molecule has 0 atom stereocenters. The predicted octanol–water partition coefficient (Wildman–Crippen LogP) is 2.38. The van der Waals surface area contributed by atoms with Gasteiger partial charge in [0.2, 0.25) is 15.9 Å². The van der Waals surface area contributed by atoms with Gasteiger partial charge < -0.3 is 9.15 Å². The highest BCUT2D eigenvalue weighted by Crippen LogP contribution is 2.16. The number of aromatic nitrogens is 1. The largest absolute Gasteiger partial charge is 0.452 e. The van der Waals surface area contributed by atoms with Crippen molar-refractivity contribution in [3.63, 3.8) is 0 Å². The van der Waals surface area contributed by atoms with Crippen LogP contribution in [0.15, 0.2) is 57.8 Å². The molecule has 3 aromatic rings. The maximum absolute atomic E-state index is 12.1. The van der Waals surface area contributed by atoms with E-state index in [0.29, 0.717) is 11.1 Å². The van der Waals surface area contributed by atoms with Crippen LogP contribution in [-0.4, -0.2) is 25.9 Å². The lowest BCUT2D eigenvalue weighted by Crippen LogP contribution is -2.24. The average molecular weight is 385 g/mol. The van der Waals surface area contributed by atoms with Crippen LogP contribution >= 0.6 is 0 Å². The molecule has 0 aliphatic heterocycles. The molecule has 0 saturated carbocycles. The summed E-state index contributed by atoms with van der Waals surface area (Å²) < 4.78 is 37.0. The van der Waals surface area contributed by atoms with Crippen LogP contribution in [0.2, 0.25) is 0 Å². The van der Waals surface area contributed by atoms with E-state index in [1.165, 1.54) is 24.3 Å². The van der Waals surface area contributed by atoms with E-state index in [4.69, 9.17) is 14.4 Å². The first-order valence-electron chi connectivity index (χ1n) is 7.98. The number of oxazole rings is 1. The number of benzene rings is 2. The molecule has 3 rings (SSSR count). The minimum Gasteiger partial charge on any atom is -0.452 e. The number of para-hydroxylation sites is 2. The summed E-state index contributed by atoms with van der Waals surface area (Å²) in [5, 5.41) is 8.46. The highest BCUT2D eigenvalue weighted by molar-refractivity contribution is 7.89. The maximum atomic E-state index is 12.1. The minimum atomic E-state index is -3.72. The lowest BCUT2D eigenvalue weighted by atomic mass is 10.2. The van der Waals surface area contributed by atoms with Gasteiger partial charge in [-0.2, -0.15) is 5.26 Å². The van der Waals surface area contributed by atoms with Gasteiger partial charge in [0.15, 0.2) is 12.2 Å². The molecule has 0 fully saturated rings. The smallest absolute Gasteiger partial charge is 0.338 e. The van der Waals surface area contributed by atoms with Gasteiger partial charge in [-0.3, -0.25) is 0 Å². The summed E-state index contributed by atoms with van der Waals surface area (Å²) in [6, 6.07) is 14.3. The lowest BCUT2D eigenvalue weighted by molar-refractivity contribution is 0.0440. The molecule has 0 spiro atoms. The van der Waals surface area contributed by atoms with Crippen LogP contribution in [0.3, 0.4) is 0 Å². The molecular formula is C18H15N3O5S. The number of carbonyl (C=O) groups excluding carboxylic acids is 1. The summed E-state index contributed by atoms with van der Waals surface area (Å²) in [6.07, 6.45) is 0.0689. The molecule has 0 aliphatic carbocycles. The Morgan fingerprint density at radius 3 is 2.63 bits per heavy atom. The summed E-state index contributed by atoms with van der Waals surface area (Å²) in [7, 11) is -3.72. The molecule has 0 saturated heterocycles. The van der Waals surface area contributed by atoms with E-state index < -0.39 is 16.0 Å². The van der Waals surface area contributed by atoms with Gasteiger partial charge in [-0.25, -0.2) is 22.9 Å². The van der Waals surface area contributed by atoms with Gasteiger partial charge in [-0.05, 0) is 36.4 Å². The van der Waals surface area contributed by atoms with Gasteiger partial charge in [-0.15, -0.1) is 0 Å². The van der Waals surface area contributed by atoms with Crippen LogP contribution in [0.4, 0.5) is 0 Å². The van der Waals surface area contributed by atoms with E-state index in [9.17, 15) is 13.2 Å². The Hall–Kier alpha value is -3.22. The van der Waals surface area contributed by atoms with E-state index in [-0.39, 0.29) is 35.9 Å². The molecule has 0 radical (unpaired) electrons. The Morgan fingerprint density at radius 1 is 1.19 bits per heavy atom. The summed E-state index contributed by atoms with van der Waals surface area (Å²) in [4.78, 5) is 16.3. The Morgan fingerprint density at radius 2 is 1.93 bits per heavy atom. The number of ether oxygens (including phenoxy) is 1. The zero-order chi connectivity index (χ0) is 19.3. The number of carbonyl (C=O) groups is 1. The zero-order valence-corrected chi connectivity index (χ0v) is 14.9. The van der Waals surface area contributed by atoms with Gasteiger partial charge in [-0.1, -0.05) is 12.1 Å². The van der Waals surface area contributed by atoms with Crippen LogP contribution < -0.4 is 4.72 Å². The van der Waals surface area contributed by atoms with Crippen LogP contribution in [0.25, 0.3) is 11.1 Å². The number of rotatable bonds is 7. The lowest BCUT2D eigenvalue weighted by Gasteiger charge is -2.06. The van der Waals surface area contributed by atoms with Gasteiger partial charge in [0.1, 0.15) is 5.52 Å². The number of nitriles is 1. The number of nitrogens with zero attached hydrogens (tertiary/aromatic N) is 2. The van der Waals surface area contributed by atoms with Crippen LogP contribution in [0.5, 0.6) is 0 Å². The Bertz CT molecular complexity index is 1060. The van der Waals surface area contributed by atoms with Crippen molar-refractivity contribution >= 4 is 27.1 Å². The first-order chi connectivity index (χ1) is 13.0. The van der Waals surface area contributed by atoms with Crippen LogP contribution in [0.1, 0.15) is 22.7 Å². The van der Waals surface area contributed by atoms with Crippen molar-refractivity contribution in [1.82, 2.24) is 9.71 Å². The molecule has 1 heterocycles. The quantitative estimate of drug-likeness (QED) is 0.489. The fraction of sp³-hybridized carbons (Fsp3) is 0.167. The van der Waals surface area contributed by atoms with Crippen LogP contribution in [-0.2, 0) is 21.4 Å². The third-order valence-corrected chi connectivity index (χ3v) is 5.07. The molecule has 8 nitrogen and oxygen atoms in total. The standard InChI is InChI=1S/C18H15N3O5S/c19-10-3-11-20-27(23,24)14-8-6-13(7-9-14)18(22)25-12-17-21-15-4-1-2-5-16(15)26-17/h1-2,4-9,20H,3,11-12H2. The third-order valence-electron chi connectivity index (χ3n) is 3.59. The predicted molar refractivity (Wildman–Crippen MR) is 95.0 cm³/mol. The Kier molecular flexibility index (Phi) is 5.49. The summed E-state index contributed by atoms with van der Waals surface area (Å²) in [6.45, 7) is -0.115. The minimum absolute atomic E-state index is 0.00376. The number of hydrogen-bond acceptors (Lipinski definition) is 7. The highest BCUT2D eigenvalue weighted by Gasteiger charge is 2.15. The Labute approximate surface area is 155 Å². The molecule has 0 unspecified atom stereocenters. The van der Waals surface area contributed by atoms with Crippen molar-refractivity contribution in [2.75, 3.05) is 6.54 Å². The van der Waals surface area contributed by atoms with E-state index in [1.807, 2.05) is 18.2 Å². The molecule has 27 heavy (non-hydrogen) atoms. The van der Waals surface area contributed by atoms with E-state index in [2.05, 4.69) is 9.71 Å². The topological polar surface area (TPSA) is 122 Å². The molecule has 0 aliphatic rings. The van der Waals surface area contributed by atoms with Gasteiger partial charge in [0.05, 0.1) is 16.5 Å².